The summed E-state index contributed by atoms with van der Waals surface area (Å²) in [6.07, 6.45) is 8.42. The zero-order chi connectivity index (χ0) is 15.7. The summed E-state index contributed by atoms with van der Waals surface area (Å²) in [5, 5.41) is 0. The molecule has 0 atom stereocenters. The maximum atomic E-state index is 12.9. The number of aromatic nitrogens is 1. The van der Waals surface area contributed by atoms with Gasteiger partial charge >= 0.3 is 0 Å². The molecule has 0 aromatic carbocycles. The van der Waals surface area contributed by atoms with Gasteiger partial charge in [-0.2, -0.15) is 0 Å². The molecule has 1 amide bonds. The fraction of sp³-hybridized carbons (Fsp3) is 0.632. The highest BCUT2D eigenvalue weighted by Gasteiger charge is 2.26. The van der Waals surface area contributed by atoms with E-state index in [0.29, 0.717) is 6.04 Å². The van der Waals surface area contributed by atoms with E-state index in [0.717, 1.165) is 31.5 Å². The number of hydrogen-bond acceptors (Lipinski definition) is 1. The van der Waals surface area contributed by atoms with Gasteiger partial charge in [-0.05, 0) is 45.6 Å². The van der Waals surface area contributed by atoms with Gasteiger partial charge in [0.1, 0.15) is 0 Å². The van der Waals surface area contributed by atoms with Crippen molar-refractivity contribution >= 4 is 5.91 Å². The molecule has 0 spiro atoms. The van der Waals surface area contributed by atoms with Gasteiger partial charge in [-0.1, -0.05) is 31.4 Å². The number of carbonyl (C=O) groups is 1. The average Bonchev–Trinajstić information content (AvgIpc) is 2.83. The summed E-state index contributed by atoms with van der Waals surface area (Å²) in [5.74, 6) is 0.211. The molecule has 2 fully saturated rings. The summed E-state index contributed by atoms with van der Waals surface area (Å²) in [5.41, 5.74) is 4.60. The highest BCUT2D eigenvalue weighted by atomic mass is 16.2. The highest BCUT2D eigenvalue weighted by molar-refractivity contribution is 5.95. The number of amides is 1. The second-order valence-corrected chi connectivity index (χ2v) is 6.99. The molecule has 22 heavy (non-hydrogen) atoms. The van der Waals surface area contributed by atoms with Crippen LogP contribution in [0.25, 0.3) is 0 Å². The first-order valence-electron chi connectivity index (χ1n) is 8.72. The van der Waals surface area contributed by atoms with E-state index in [-0.39, 0.29) is 5.91 Å². The predicted molar refractivity (Wildman–Crippen MR) is 90.3 cm³/mol. The van der Waals surface area contributed by atoms with Crippen LogP contribution in [0, 0.1) is 13.8 Å². The number of carbonyl (C=O) groups excluding carboxylic acids is 1. The smallest absolute Gasteiger partial charge is 0.255 e. The van der Waals surface area contributed by atoms with Gasteiger partial charge in [-0.25, -0.2) is 0 Å². The van der Waals surface area contributed by atoms with Crippen LogP contribution in [0.3, 0.4) is 0 Å². The topological polar surface area (TPSA) is 25.2 Å². The SMILES string of the molecule is C=C1CCN(C(=O)c2cc(C)n(C3CCCCC3)c2C)CC1. The van der Waals surface area contributed by atoms with E-state index in [4.69, 9.17) is 0 Å². The Morgan fingerprint density at radius 3 is 2.41 bits per heavy atom. The van der Waals surface area contributed by atoms with Crippen LogP contribution in [0.2, 0.25) is 0 Å². The van der Waals surface area contributed by atoms with Crippen LogP contribution in [0.5, 0.6) is 0 Å². The number of likely N-dealkylation sites (tertiary alicyclic amines) is 1. The molecule has 1 aliphatic heterocycles. The van der Waals surface area contributed by atoms with E-state index in [9.17, 15) is 4.79 Å². The van der Waals surface area contributed by atoms with Gasteiger partial charge in [0.25, 0.3) is 5.91 Å². The lowest BCUT2D eigenvalue weighted by Crippen LogP contribution is -2.36. The molecule has 3 nitrogen and oxygen atoms in total. The van der Waals surface area contributed by atoms with Crippen molar-refractivity contribution in [1.82, 2.24) is 9.47 Å². The van der Waals surface area contributed by atoms with Crippen molar-refractivity contribution < 1.29 is 4.79 Å². The fourth-order valence-electron chi connectivity index (χ4n) is 4.09. The van der Waals surface area contributed by atoms with Gasteiger partial charge < -0.3 is 9.47 Å². The molecule has 3 heteroatoms. The Balaban J connectivity index is 1.82. The summed E-state index contributed by atoms with van der Waals surface area (Å²) in [6, 6.07) is 2.70. The standard InChI is InChI=1S/C19H28N2O/c1-14-9-11-20(12-10-14)19(22)18-13-15(2)21(16(18)3)17-7-5-4-6-8-17/h13,17H,1,4-12H2,2-3H3. The van der Waals surface area contributed by atoms with Crippen LogP contribution in [-0.2, 0) is 0 Å². The first-order valence-corrected chi connectivity index (χ1v) is 8.72. The third kappa shape index (κ3) is 2.86. The Bertz CT molecular complexity index is 569. The largest absolute Gasteiger partial charge is 0.345 e. The van der Waals surface area contributed by atoms with Crippen molar-refractivity contribution in [3.8, 4) is 0 Å². The van der Waals surface area contributed by atoms with Crippen molar-refractivity contribution in [3.63, 3.8) is 0 Å². The summed E-state index contributed by atoms with van der Waals surface area (Å²) in [4.78, 5) is 14.9. The Kier molecular flexibility index (Phi) is 4.42. The van der Waals surface area contributed by atoms with Gasteiger partial charge in [0.2, 0.25) is 0 Å². The van der Waals surface area contributed by atoms with E-state index in [1.807, 2.05) is 4.90 Å². The molecule has 2 heterocycles. The molecular formula is C19H28N2O. The van der Waals surface area contributed by atoms with E-state index >= 15 is 0 Å². The zero-order valence-electron chi connectivity index (χ0n) is 14.0. The average molecular weight is 300 g/mol. The molecule has 1 aromatic heterocycles. The normalized spacial score (nSPS) is 20.5. The molecule has 2 aliphatic rings. The molecule has 0 radical (unpaired) electrons. The summed E-state index contributed by atoms with van der Waals surface area (Å²) < 4.78 is 2.43. The second-order valence-electron chi connectivity index (χ2n) is 6.99. The molecule has 0 bridgehead atoms. The van der Waals surface area contributed by atoms with Crippen LogP contribution in [-0.4, -0.2) is 28.5 Å². The highest BCUT2D eigenvalue weighted by Crippen LogP contribution is 2.32. The second kappa shape index (κ2) is 6.31. The Labute approximate surface area is 134 Å². The molecule has 1 saturated heterocycles. The van der Waals surface area contributed by atoms with Crippen LogP contribution < -0.4 is 0 Å². The fourth-order valence-corrected chi connectivity index (χ4v) is 4.09. The number of aryl methyl sites for hydroxylation is 1. The Morgan fingerprint density at radius 2 is 1.77 bits per heavy atom. The molecule has 120 valence electrons. The van der Waals surface area contributed by atoms with Crippen LogP contribution in [0.15, 0.2) is 18.2 Å². The minimum atomic E-state index is 0.211. The van der Waals surface area contributed by atoms with Crippen molar-refractivity contribution in [1.29, 1.82) is 0 Å². The van der Waals surface area contributed by atoms with Gasteiger partial charge in [0.15, 0.2) is 0 Å². The summed E-state index contributed by atoms with van der Waals surface area (Å²) >= 11 is 0. The third-order valence-corrected chi connectivity index (χ3v) is 5.41. The van der Waals surface area contributed by atoms with Crippen LogP contribution in [0.4, 0.5) is 0 Å². The monoisotopic (exact) mass is 300 g/mol. The number of nitrogens with zero attached hydrogens (tertiary/aromatic N) is 2. The maximum absolute atomic E-state index is 12.9. The van der Waals surface area contributed by atoms with Crippen molar-refractivity contribution in [2.45, 2.75) is 64.8 Å². The van der Waals surface area contributed by atoms with E-state index in [2.05, 4.69) is 31.1 Å². The molecular weight excluding hydrogens is 272 g/mol. The summed E-state index contributed by atoms with van der Waals surface area (Å²) in [6.45, 7) is 9.96. The Morgan fingerprint density at radius 1 is 1.14 bits per heavy atom. The van der Waals surface area contributed by atoms with E-state index in [1.54, 1.807) is 0 Å². The van der Waals surface area contributed by atoms with E-state index < -0.39 is 0 Å². The number of rotatable bonds is 2. The molecule has 1 aromatic rings. The van der Waals surface area contributed by atoms with E-state index in [1.165, 1.54) is 49.1 Å². The number of piperidine rings is 1. The molecule has 0 unspecified atom stereocenters. The minimum Gasteiger partial charge on any atom is -0.345 e. The molecule has 3 rings (SSSR count). The van der Waals surface area contributed by atoms with Gasteiger partial charge in [0.05, 0.1) is 5.56 Å². The van der Waals surface area contributed by atoms with Crippen molar-refractivity contribution in [2.24, 2.45) is 0 Å². The molecule has 1 aliphatic carbocycles. The van der Waals surface area contributed by atoms with Crippen LogP contribution >= 0.6 is 0 Å². The van der Waals surface area contributed by atoms with Gasteiger partial charge in [0, 0.05) is 30.5 Å². The van der Waals surface area contributed by atoms with Crippen LogP contribution in [0.1, 0.15) is 72.7 Å². The number of hydrogen-bond donors (Lipinski definition) is 0. The van der Waals surface area contributed by atoms with Gasteiger partial charge in [-0.15, -0.1) is 0 Å². The van der Waals surface area contributed by atoms with Crippen molar-refractivity contribution in [3.05, 3.63) is 35.2 Å². The Hall–Kier alpha value is -1.51. The lowest BCUT2D eigenvalue weighted by atomic mass is 9.95. The summed E-state index contributed by atoms with van der Waals surface area (Å²) in [7, 11) is 0. The molecule has 1 saturated carbocycles. The lowest BCUT2D eigenvalue weighted by Gasteiger charge is -2.29. The predicted octanol–water partition coefficient (Wildman–Crippen LogP) is 4.40. The lowest BCUT2D eigenvalue weighted by molar-refractivity contribution is 0.0743. The minimum absolute atomic E-state index is 0.211. The maximum Gasteiger partial charge on any atom is 0.255 e. The first kappa shape index (κ1) is 15.4. The first-order chi connectivity index (χ1) is 10.6. The molecule has 0 N–H and O–H groups in total. The van der Waals surface area contributed by atoms with Crippen molar-refractivity contribution in [2.75, 3.05) is 13.1 Å². The van der Waals surface area contributed by atoms with Gasteiger partial charge in [-0.3, -0.25) is 4.79 Å². The third-order valence-electron chi connectivity index (χ3n) is 5.41. The zero-order valence-corrected chi connectivity index (χ0v) is 14.0. The quantitative estimate of drug-likeness (QED) is 0.743.